The van der Waals surface area contributed by atoms with E-state index in [1.165, 1.54) is 18.4 Å². The van der Waals surface area contributed by atoms with Gasteiger partial charge in [-0.05, 0) is 37.5 Å². The highest BCUT2D eigenvalue weighted by atomic mass is 35.5. The first-order valence-corrected chi connectivity index (χ1v) is 6.47. The normalized spacial score (nSPS) is 14.6. The maximum atomic E-state index is 6.03. The molecule has 1 aromatic heterocycles. The molecule has 3 nitrogen and oxygen atoms in total. The lowest BCUT2D eigenvalue weighted by Gasteiger charge is -2.08. The van der Waals surface area contributed by atoms with Crippen LogP contribution in [0.2, 0.25) is 5.15 Å². The predicted octanol–water partition coefficient (Wildman–Crippen LogP) is 4.06. The van der Waals surface area contributed by atoms with Gasteiger partial charge in [0.15, 0.2) is 0 Å². The van der Waals surface area contributed by atoms with Gasteiger partial charge in [0.1, 0.15) is 16.8 Å². The van der Waals surface area contributed by atoms with Crippen molar-refractivity contribution < 1.29 is 0 Å². The average molecular weight is 260 g/mol. The molecule has 0 amide bonds. The molecule has 18 heavy (non-hydrogen) atoms. The number of halogens is 1. The highest BCUT2D eigenvalue weighted by Gasteiger charge is 2.27. The SMILES string of the molecule is Cc1cccc(Nc2cc(Cl)nc(C3CC3)n2)c1. The van der Waals surface area contributed by atoms with Crippen LogP contribution >= 0.6 is 11.6 Å². The van der Waals surface area contributed by atoms with Gasteiger partial charge in [0.25, 0.3) is 0 Å². The van der Waals surface area contributed by atoms with Crippen molar-refractivity contribution in [3.63, 3.8) is 0 Å². The molecule has 0 saturated heterocycles. The monoisotopic (exact) mass is 259 g/mol. The van der Waals surface area contributed by atoms with E-state index in [-0.39, 0.29) is 0 Å². The van der Waals surface area contributed by atoms with Crippen molar-refractivity contribution in [2.45, 2.75) is 25.7 Å². The van der Waals surface area contributed by atoms with E-state index in [1.54, 1.807) is 6.07 Å². The van der Waals surface area contributed by atoms with E-state index >= 15 is 0 Å². The van der Waals surface area contributed by atoms with Crippen LogP contribution in [0.25, 0.3) is 0 Å². The number of benzene rings is 1. The summed E-state index contributed by atoms with van der Waals surface area (Å²) in [5.41, 5.74) is 2.23. The van der Waals surface area contributed by atoms with Crippen molar-refractivity contribution in [3.05, 3.63) is 46.9 Å². The van der Waals surface area contributed by atoms with E-state index in [0.29, 0.717) is 11.1 Å². The van der Waals surface area contributed by atoms with E-state index in [0.717, 1.165) is 17.3 Å². The Labute approximate surface area is 111 Å². The van der Waals surface area contributed by atoms with Crippen molar-refractivity contribution in [3.8, 4) is 0 Å². The maximum Gasteiger partial charge on any atom is 0.135 e. The van der Waals surface area contributed by atoms with E-state index in [9.17, 15) is 0 Å². The first kappa shape index (κ1) is 11.5. The highest BCUT2D eigenvalue weighted by Crippen LogP contribution is 2.38. The van der Waals surface area contributed by atoms with Gasteiger partial charge in [0.2, 0.25) is 0 Å². The number of nitrogens with one attached hydrogen (secondary N) is 1. The molecule has 1 heterocycles. The zero-order chi connectivity index (χ0) is 12.5. The van der Waals surface area contributed by atoms with Crippen molar-refractivity contribution in [1.29, 1.82) is 0 Å². The molecule has 0 aliphatic heterocycles. The van der Waals surface area contributed by atoms with Gasteiger partial charge in [-0.3, -0.25) is 0 Å². The van der Waals surface area contributed by atoms with Crippen LogP contribution in [-0.4, -0.2) is 9.97 Å². The molecule has 1 aliphatic carbocycles. The summed E-state index contributed by atoms with van der Waals surface area (Å²) >= 11 is 6.03. The Morgan fingerprint density at radius 3 is 2.78 bits per heavy atom. The molecule has 3 rings (SSSR count). The molecule has 0 atom stereocenters. The maximum absolute atomic E-state index is 6.03. The fourth-order valence-electron chi connectivity index (χ4n) is 1.89. The van der Waals surface area contributed by atoms with Gasteiger partial charge in [0, 0.05) is 17.7 Å². The molecule has 2 aromatic rings. The van der Waals surface area contributed by atoms with Gasteiger partial charge >= 0.3 is 0 Å². The molecule has 0 radical (unpaired) electrons. The zero-order valence-corrected chi connectivity index (χ0v) is 10.9. The summed E-state index contributed by atoms with van der Waals surface area (Å²) in [5, 5.41) is 3.77. The van der Waals surface area contributed by atoms with Gasteiger partial charge in [-0.25, -0.2) is 9.97 Å². The van der Waals surface area contributed by atoms with Gasteiger partial charge < -0.3 is 5.32 Å². The standard InChI is InChI=1S/C14H14ClN3/c1-9-3-2-4-11(7-9)16-13-8-12(15)17-14(18-13)10-5-6-10/h2-4,7-8,10H,5-6H2,1H3,(H,16,17,18). The molecule has 1 aliphatic rings. The van der Waals surface area contributed by atoms with E-state index < -0.39 is 0 Å². The smallest absolute Gasteiger partial charge is 0.135 e. The van der Waals surface area contributed by atoms with Crippen molar-refractivity contribution >= 4 is 23.1 Å². The first-order chi connectivity index (χ1) is 8.70. The largest absolute Gasteiger partial charge is 0.340 e. The summed E-state index contributed by atoms with van der Waals surface area (Å²) in [6.45, 7) is 2.06. The third-order valence-corrected chi connectivity index (χ3v) is 3.14. The first-order valence-electron chi connectivity index (χ1n) is 6.09. The minimum atomic E-state index is 0.502. The van der Waals surface area contributed by atoms with Crippen LogP contribution in [0, 0.1) is 6.92 Å². The van der Waals surface area contributed by atoms with Gasteiger partial charge in [0.05, 0.1) is 0 Å². The van der Waals surface area contributed by atoms with E-state index in [4.69, 9.17) is 11.6 Å². The number of hydrogen-bond donors (Lipinski definition) is 1. The molecule has 1 saturated carbocycles. The van der Waals surface area contributed by atoms with Gasteiger partial charge in [-0.15, -0.1) is 0 Å². The number of aromatic nitrogens is 2. The minimum Gasteiger partial charge on any atom is -0.340 e. The van der Waals surface area contributed by atoms with Crippen molar-refractivity contribution in [2.24, 2.45) is 0 Å². The summed E-state index contributed by atoms with van der Waals surface area (Å²) in [6.07, 6.45) is 2.34. The Balaban J connectivity index is 1.87. The van der Waals surface area contributed by atoms with Crippen LogP contribution in [0.3, 0.4) is 0 Å². The van der Waals surface area contributed by atoms with Crippen molar-refractivity contribution in [2.75, 3.05) is 5.32 Å². The Bertz CT molecular complexity index is 579. The average Bonchev–Trinajstić information content (AvgIpc) is 3.11. The number of rotatable bonds is 3. The van der Waals surface area contributed by atoms with E-state index in [2.05, 4.69) is 34.3 Å². The minimum absolute atomic E-state index is 0.502. The second-order valence-corrected chi connectivity index (χ2v) is 5.09. The molecular weight excluding hydrogens is 246 g/mol. The molecular formula is C14H14ClN3. The van der Waals surface area contributed by atoms with Crippen molar-refractivity contribution in [1.82, 2.24) is 9.97 Å². The fourth-order valence-corrected chi connectivity index (χ4v) is 2.08. The lowest BCUT2D eigenvalue weighted by Crippen LogP contribution is -1.99. The lowest BCUT2D eigenvalue weighted by molar-refractivity contribution is 0.931. The number of aryl methyl sites for hydroxylation is 1. The Hall–Kier alpha value is -1.61. The summed E-state index contributed by atoms with van der Waals surface area (Å²) in [4.78, 5) is 8.78. The molecule has 0 unspecified atom stereocenters. The highest BCUT2D eigenvalue weighted by molar-refractivity contribution is 6.29. The number of anilines is 2. The van der Waals surface area contributed by atoms with Gasteiger partial charge in [-0.1, -0.05) is 23.7 Å². The zero-order valence-electron chi connectivity index (χ0n) is 10.2. The third kappa shape index (κ3) is 2.62. The molecule has 1 N–H and O–H groups in total. The number of nitrogens with zero attached hydrogens (tertiary/aromatic N) is 2. The Morgan fingerprint density at radius 2 is 2.06 bits per heavy atom. The van der Waals surface area contributed by atoms with Crippen LogP contribution < -0.4 is 5.32 Å². The summed E-state index contributed by atoms with van der Waals surface area (Å²) in [6, 6.07) is 9.93. The molecule has 92 valence electrons. The quantitative estimate of drug-likeness (QED) is 0.845. The third-order valence-electron chi connectivity index (χ3n) is 2.95. The summed E-state index contributed by atoms with van der Waals surface area (Å²) in [7, 11) is 0. The Morgan fingerprint density at radius 1 is 1.22 bits per heavy atom. The molecule has 1 aromatic carbocycles. The van der Waals surface area contributed by atoms with Crippen LogP contribution in [0.5, 0.6) is 0 Å². The van der Waals surface area contributed by atoms with Crippen LogP contribution in [0.4, 0.5) is 11.5 Å². The van der Waals surface area contributed by atoms with E-state index in [1.807, 2.05) is 12.1 Å². The predicted molar refractivity (Wildman–Crippen MR) is 73.5 cm³/mol. The topological polar surface area (TPSA) is 37.8 Å². The Kier molecular flexibility index (Phi) is 2.92. The molecule has 0 bridgehead atoms. The second kappa shape index (κ2) is 4.58. The fraction of sp³-hybridized carbons (Fsp3) is 0.286. The molecule has 1 fully saturated rings. The van der Waals surface area contributed by atoms with Crippen LogP contribution in [0.1, 0.15) is 30.1 Å². The summed E-state index contributed by atoms with van der Waals surface area (Å²) in [5.74, 6) is 2.13. The molecule has 0 spiro atoms. The lowest BCUT2D eigenvalue weighted by atomic mass is 10.2. The second-order valence-electron chi connectivity index (χ2n) is 4.70. The van der Waals surface area contributed by atoms with Crippen LogP contribution in [-0.2, 0) is 0 Å². The van der Waals surface area contributed by atoms with Crippen LogP contribution in [0.15, 0.2) is 30.3 Å². The summed E-state index contributed by atoms with van der Waals surface area (Å²) < 4.78 is 0. The van der Waals surface area contributed by atoms with Gasteiger partial charge in [-0.2, -0.15) is 0 Å². The molecule has 4 heteroatoms. The number of hydrogen-bond acceptors (Lipinski definition) is 3.